The largest absolute Gasteiger partial charge is 0.340 e. The topological polar surface area (TPSA) is 49.4 Å². The number of nitrogens with one attached hydrogen (secondary N) is 1. The van der Waals surface area contributed by atoms with Gasteiger partial charge in [-0.25, -0.2) is 0 Å². The zero-order chi connectivity index (χ0) is 14.9. The summed E-state index contributed by atoms with van der Waals surface area (Å²) < 4.78 is 0.882. The van der Waals surface area contributed by atoms with Crippen molar-refractivity contribution in [3.63, 3.8) is 0 Å². The number of carbonyl (C=O) groups is 2. The Labute approximate surface area is 131 Å². The van der Waals surface area contributed by atoms with Crippen LogP contribution in [-0.2, 0) is 16.1 Å². The van der Waals surface area contributed by atoms with Crippen molar-refractivity contribution in [2.75, 3.05) is 6.54 Å². The lowest BCUT2D eigenvalue weighted by Crippen LogP contribution is -2.64. The predicted octanol–water partition coefficient (Wildman–Crippen LogP) is 2.73. The Morgan fingerprint density at radius 1 is 1.45 bits per heavy atom. The normalized spacial score (nSPS) is 22.9. The molecule has 1 unspecified atom stereocenters. The van der Waals surface area contributed by atoms with Gasteiger partial charge in [-0.1, -0.05) is 40.5 Å². The van der Waals surface area contributed by atoms with Gasteiger partial charge in [0, 0.05) is 16.0 Å². The van der Waals surface area contributed by atoms with Crippen molar-refractivity contribution in [2.45, 2.75) is 32.4 Å². The molecule has 1 atom stereocenters. The molecule has 1 heterocycles. The van der Waals surface area contributed by atoms with E-state index in [1.165, 1.54) is 0 Å². The summed E-state index contributed by atoms with van der Waals surface area (Å²) in [4.78, 5) is 25.8. The third-order valence-electron chi connectivity index (χ3n) is 3.59. The first-order valence-electron chi connectivity index (χ1n) is 6.40. The molecular weight excluding hydrogens is 344 g/mol. The lowest BCUT2D eigenvalue weighted by molar-refractivity contribution is -0.149. The van der Waals surface area contributed by atoms with Crippen LogP contribution in [0, 0.1) is 0 Å². The summed E-state index contributed by atoms with van der Waals surface area (Å²) in [6.45, 7) is 4.05. The fraction of sp³-hybridized carbons (Fsp3) is 0.429. The standard InChI is InChI=1S/C14H16BrClN2O2/c1-3-14(2)13(20)18(8-12(19)17-14)7-9-4-5-10(15)6-11(9)16/h4-6H,3,7-8H2,1-2H3,(H,17,19). The molecule has 1 aromatic rings. The number of hydrogen-bond donors (Lipinski definition) is 1. The second-order valence-electron chi connectivity index (χ2n) is 5.13. The van der Waals surface area contributed by atoms with Crippen LogP contribution in [-0.4, -0.2) is 28.8 Å². The molecule has 108 valence electrons. The van der Waals surface area contributed by atoms with Crippen LogP contribution < -0.4 is 5.32 Å². The molecule has 0 bridgehead atoms. The van der Waals surface area contributed by atoms with Crippen molar-refractivity contribution in [3.05, 3.63) is 33.3 Å². The highest BCUT2D eigenvalue weighted by Crippen LogP contribution is 2.25. The second kappa shape index (κ2) is 5.74. The maximum Gasteiger partial charge on any atom is 0.248 e. The van der Waals surface area contributed by atoms with Crippen LogP contribution in [0.3, 0.4) is 0 Å². The third kappa shape index (κ3) is 2.99. The molecule has 0 spiro atoms. The van der Waals surface area contributed by atoms with Gasteiger partial charge in [0.15, 0.2) is 0 Å². The Bertz CT molecular complexity index is 564. The monoisotopic (exact) mass is 358 g/mol. The average molecular weight is 360 g/mol. The minimum Gasteiger partial charge on any atom is -0.340 e. The van der Waals surface area contributed by atoms with E-state index in [2.05, 4.69) is 21.2 Å². The second-order valence-corrected chi connectivity index (χ2v) is 6.45. The van der Waals surface area contributed by atoms with Crippen LogP contribution in [0.25, 0.3) is 0 Å². The summed E-state index contributed by atoms with van der Waals surface area (Å²) in [5, 5.41) is 3.34. The van der Waals surface area contributed by atoms with Gasteiger partial charge in [-0.3, -0.25) is 9.59 Å². The highest BCUT2D eigenvalue weighted by molar-refractivity contribution is 9.10. The number of rotatable bonds is 3. The van der Waals surface area contributed by atoms with E-state index in [-0.39, 0.29) is 18.4 Å². The summed E-state index contributed by atoms with van der Waals surface area (Å²) in [6, 6.07) is 5.51. The van der Waals surface area contributed by atoms with Crippen LogP contribution in [0.1, 0.15) is 25.8 Å². The first kappa shape index (κ1) is 15.3. The zero-order valence-corrected chi connectivity index (χ0v) is 13.7. The molecule has 1 saturated heterocycles. The summed E-state index contributed by atoms with van der Waals surface area (Å²) >= 11 is 9.51. The molecule has 20 heavy (non-hydrogen) atoms. The third-order valence-corrected chi connectivity index (χ3v) is 4.44. The van der Waals surface area contributed by atoms with Gasteiger partial charge in [0.05, 0.1) is 6.54 Å². The highest BCUT2D eigenvalue weighted by atomic mass is 79.9. The molecule has 0 radical (unpaired) electrons. The molecule has 2 amide bonds. The van der Waals surface area contributed by atoms with Gasteiger partial charge in [-0.05, 0) is 31.0 Å². The molecule has 0 aliphatic carbocycles. The number of nitrogens with zero attached hydrogens (tertiary/aromatic N) is 1. The van der Waals surface area contributed by atoms with E-state index in [0.29, 0.717) is 18.0 Å². The quantitative estimate of drug-likeness (QED) is 0.902. The van der Waals surface area contributed by atoms with E-state index in [4.69, 9.17) is 11.6 Å². The SMILES string of the molecule is CCC1(C)NC(=O)CN(Cc2ccc(Br)cc2Cl)C1=O. The Balaban J connectivity index is 2.23. The van der Waals surface area contributed by atoms with E-state index < -0.39 is 5.54 Å². The summed E-state index contributed by atoms with van der Waals surface area (Å²) in [5.74, 6) is -0.208. The van der Waals surface area contributed by atoms with Crippen molar-refractivity contribution in [2.24, 2.45) is 0 Å². The van der Waals surface area contributed by atoms with Crippen LogP contribution in [0.4, 0.5) is 0 Å². The van der Waals surface area contributed by atoms with Gasteiger partial charge in [0.2, 0.25) is 11.8 Å². The van der Waals surface area contributed by atoms with Gasteiger partial charge in [-0.15, -0.1) is 0 Å². The number of benzene rings is 1. The number of hydrogen-bond acceptors (Lipinski definition) is 2. The molecule has 4 nitrogen and oxygen atoms in total. The molecule has 0 saturated carbocycles. The highest BCUT2D eigenvalue weighted by Gasteiger charge is 2.41. The lowest BCUT2D eigenvalue weighted by Gasteiger charge is -2.39. The maximum absolute atomic E-state index is 12.5. The smallest absolute Gasteiger partial charge is 0.248 e. The molecule has 1 aromatic carbocycles. The number of halogens is 2. The minimum absolute atomic E-state index is 0.0703. The molecule has 1 fully saturated rings. The minimum atomic E-state index is -0.822. The van der Waals surface area contributed by atoms with Crippen molar-refractivity contribution in [3.8, 4) is 0 Å². The average Bonchev–Trinajstić information content (AvgIpc) is 2.38. The molecule has 1 aliphatic rings. The van der Waals surface area contributed by atoms with Gasteiger partial charge < -0.3 is 10.2 Å². The number of amides is 2. The molecule has 2 rings (SSSR count). The van der Waals surface area contributed by atoms with E-state index in [0.717, 1.165) is 10.0 Å². The number of carbonyl (C=O) groups excluding carboxylic acids is 2. The van der Waals surface area contributed by atoms with Crippen LogP contribution in [0.5, 0.6) is 0 Å². The summed E-state index contributed by atoms with van der Waals surface area (Å²) in [6.07, 6.45) is 0.558. The zero-order valence-electron chi connectivity index (χ0n) is 11.4. The van der Waals surface area contributed by atoms with E-state index in [1.807, 2.05) is 19.1 Å². The lowest BCUT2D eigenvalue weighted by atomic mass is 9.94. The fourth-order valence-corrected chi connectivity index (χ4v) is 2.95. The maximum atomic E-state index is 12.5. The molecule has 1 N–H and O–H groups in total. The van der Waals surface area contributed by atoms with Gasteiger partial charge >= 0.3 is 0 Å². The van der Waals surface area contributed by atoms with Gasteiger partial charge in [0.25, 0.3) is 0 Å². The Morgan fingerprint density at radius 3 is 2.75 bits per heavy atom. The molecule has 6 heteroatoms. The summed E-state index contributed by atoms with van der Waals surface area (Å²) in [5.41, 5.74) is 0.00772. The molecular formula is C14H16BrClN2O2. The van der Waals surface area contributed by atoms with Crippen molar-refractivity contribution in [1.29, 1.82) is 0 Å². The van der Waals surface area contributed by atoms with E-state index in [1.54, 1.807) is 17.9 Å². The summed E-state index contributed by atoms with van der Waals surface area (Å²) in [7, 11) is 0. The van der Waals surface area contributed by atoms with Crippen molar-refractivity contribution < 1.29 is 9.59 Å². The number of piperazine rings is 1. The van der Waals surface area contributed by atoms with Gasteiger partial charge in [0.1, 0.15) is 5.54 Å². The van der Waals surface area contributed by atoms with Crippen LogP contribution >= 0.6 is 27.5 Å². The van der Waals surface area contributed by atoms with E-state index in [9.17, 15) is 9.59 Å². The van der Waals surface area contributed by atoms with Gasteiger partial charge in [-0.2, -0.15) is 0 Å². The van der Waals surface area contributed by atoms with Crippen molar-refractivity contribution >= 4 is 39.3 Å². The van der Waals surface area contributed by atoms with Crippen LogP contribution in [0.15, 0.2) is 22.7 Å². The Hall–Kier alpha value is -1.07. The fourth-order valence-electron chi connectivity index (χ4n) is 2.22. The predicted molar refractivity (Wildman–Crippen MR) is 81.4 cm³/mol. The van der Waals surface area contributed by atoms with Crippen molar-refractivity contribution in [1.82, 2.24) is 10.2 Å². The molecule has 1 aliphatic heterocycles. The Morgan fingerprint density at radius 2 is 2.15 bits per heavy atom. The van der Waals surface area contributed by atoms with Crippen LogP contribution in [0.2, 0.25) is 5.02 Å². The first-order chi connectivity index (χ1) is 9.35. The first-order valence-corrected chi connectivity index (χ1v) is 7.57. The molecule has 0 aromatic heterocycles. The van der Waals surface area contributed by atoms with E-state index >= 15 is 0 Å². The Kier molecular flexibility index (Phi) is 4.39.